The number of benzene rings is 1. The van der Waals surface area contributed by atoms with Crippen molar-refractivity contribution in [3.63, 3.8) is 0 Å². The molecule has 0 aliphatic heterocycles. The molecule has 0 aromatic heterocycles. The summed E-state index contributed by atoms with van der Waals surface area (Å²) in [6.45, 7) is 12.8. The van der Waals surface area contributed by atoms with Crippen LogP contribution < -0.4 is 5.73 Å². The van der Waals surface area contributed by atoms with E-state index in [2.05, 4.69) is 33.9 Å². The third kappa shape index (κ3) is 4.90. The normalized spacial score (nSPS) is 16.5. The summed E-state index contributed by atoms with van der Waals surface area (Å²) in [6.07, 6.45) is -0.307. The van der Waals surface area contributed by atoms with E-state index >= 15 is 0 Å². The second-order valence-electron chi connectivity index (χ2n) is 7.57. The molecule has 0 radical (unpaired) electrons. The topological polar surface area (TPSA) is 61.5 Å². The Morgan fingerprint density at radius 1 is 1.17 bits per heavy atom. The first kappa shape index (κ1) is 19.9. The fourth-order valence-corrected chi connectivity index (χ4v) is 3.79. The molecule has 1 rings (SSSR count). The average Bonchev–Trinajstić information content (AvgIpc) is 2.46. The van der Waals surface area contributed by atoms with Crippen molar-refractivity contribution in [3.05, 3.63) is 35.9 Å². The van der Waals surface area contributed by atoms with Gasteiger partial charge in [-0.05, 0) is 30.6 Å². The Labute approximate surface area is 141 Å². The van der Waals surface area contributed by atoms with Crippen LogP contribution in [0.25, 0.3) is 0 Å². The van der Waals surface area contributed by atoms with E-state index < -0.39 is 20.3 Å². The molecule has 0 saturated heterocycles. The zero-order valence-corrected chi connectivity index (χ0v) is 16.4. The first-order valence-electron chi connectivity index (χ1n) is 8.07. The number of hydrogen-bond donors (Lipinski definition) is 1. The molecule has 0 unspecified atom stereocenters. The van der Waals surface area contributed by atoms with E-state index in [1.807, 2.05) is 37.3 Å². The zero-order valence-electron chi connectivity index (χ0n) is 15.4. The van der Waals surface area contributed by atoms with Gasteiger partial charge in [0, 0.05) is 6.04 Å². The number of ether oxygens (including phenoxy) is 1. The molecule has 0 aliphatic carbocycles. The summed E-state index contributed by atoms with van der Waals surface area (Å²) in [5.41, 5.74) is 7.29. The lowest BCUT2D eigenvalue weighted by molar-refractivity contribution is -0.149. The second kappa shape index (κ2) is 7.60. The lowest BCUT2D eigenvalue weighted by Crippen LogP contribution is -2.48. The minimum atomic E-state index is -2.00. The van der Waals surface area contributed by atoms with E-state index in [-0.39, 0.29) is 17.1 Å². The van der Waals surface area contributed by atoms with E-state index in [1.165, 1.54) is 7.11 Å². The van der Waals surface area contributed by atoms with Crippen molar-refractivity contribution in [2.24, 2.45) is 11.7 Å². The lowest BCUT2D eigenvalue weighted by Gasteiger charge is -2.40. The van der Waals surface area contributed by atoms with Crippen molar-refractivity contribution < 1.29 is 14.0 Å². The highest BCUT2D eigenvalue weighted by molar-refractivity contribution is 6.74. The van der Waals surface area contributed by atoms with Crippen LogP contribution in [0.2, 0.25) is 18.1 Å². The van der Waals surface area contributed by atoms with Crippen molar-refractivity contribution in [3.8, 4) is 0 Å². The molecule has 3 atom stereocenters. The smallest absolute Gasteiger partial charge is 0.313 e. The van der Waals surface area contributed by atoms with Crippen LogP contribution in [0.15, 0.2) is 30.3 Å². The van der Waals surface area contributed by atoms with Crippen LogP contribution in [0.3, 0.4) is 0 Å². The van der Waals surface area contributed by atoms with Gasteiger partial charge in [-0.1, -0.05) is 51.1 Å². The Morgan fingerprint density at radius 3 is 2.13 bits per heavy atom. The summed E-state index contributed by atoms with van der Waals surface area (Å²) in [4.78, 5) is 12.3. The van der Waals surface area contributed by atoms with Gasteiger partial charge < -0.3 is 14.9 Å². The summed E-state index contributed by atoms with van der Waals surface area (Å²) in [5, 5.41) is 0.0682. The van der Waals surface area contributed by atoms with Gasteiger partial charge >= 0.3 is 5.97 Å². The third-order valence-corrected chi connectivity index (χ3v) is 9.41. The number of hydrogen-bond acceptors (Lipinski definition) is 4. The van der Waals surface area contributed by atoms with Crippen LogP contribution in [0.5, 0.6) is 0 Å². The predicted octanol–water partition coefficient (Wildman–Crippen LogP) is 3.89. The Balaban J connectivity index is 3.05. The van der Waals surface area contributed by atoms with Crippen molar-refractivity contribution in [1.29, 1.82) is 0 Å². The summed E-state index contributed by atoms with van der Waals surface area (Å²) in [7, 11) is -0.605. The lowest BCUT2D eigenvalue weighted by atomic mass is 9.90. The Bertz CT molecular complexity index is 511. The standard InChI is InChI=1S/C18H31NO3Si/c1-13(22-23(6,7)18(2,3)4)15(17(20)21-5)16(19)14-11-9-8-10-12-14/h8-13,15-16H,19H2,1-7H3/t13-,15-,16+/m1/s1. The van der Waals surface area contributed by atoms with E-state index in [9.17, 15) is 4.79 Å². The molecule has 0 bridgehead atoms. The summed E-state index contributed by atoms with van der Waals surface area (Å²) < 4.78 is 11.4. The van der Waals surface area contributed by atoms with E-state index in [1.54, 1.807) is 0 Å². The van der Waals surface area contributed by atoms with Crippen LogP contribution in [0.4, 0.5) is 0 Å². The SMILES string of the molecule is COC(=O)[C@H]([C@@H](C)O[Si](C)(C)C(C)(C)C)[C@@H](N)c1ccccc1. The Morgan fingerprint density at radius 2 is 1.70 bits per heavy atom. The van der Waals surface area contributed by atoms with Gasteiger partial charge in [-0.2, -0.15) is 0 Å². The molecular formula is C18H31NO3Si. The minimum Gasteiger partial charge on any atom is -0.469 e. The van der Waals surface area contributed by atoms with Crippen LogP contribution in [0.1, 0.15) is 39.3 Å². The molecule has 0 aliphatic rings. The maximum atomic E-state index is 12.3. The number of methoxy groups -OCH3 is 1. The highest BCUT2D eigenvalue weighted by atomic mass is 28.4. The largest absolute Gasteiger partial charge is 0.469 e. The van der Waals surface area contributed by atoms with Crippen LogP contribution in [0, 0.1) is 5.92 Å². The Kier molecular flexibility index (Phi) is 6.56. The highest BCUT2D eigenvalue weighted by Gasteiger charge is 2.42. The maximum absolute atomic E-state index is 12.3. The van der Waals surface area contributed by atoms with Crippen molar-refractivity contribution in [2.45, 2.75) is 58.0 Å². The van der Waals surface area contributed by atoms with Gasteiger partial charge in [0.1, 0.15) is 5.92 Å². The number of carbonyl (C=O) groups is 1. The van der Waals surface area contributed by atoms with Gasteiger partial charge in [0.25, 0.3) is 0 Å². The molecule has 0 saturated carbocycles. The van der Waals surface area contributed by atoms with E-state index in [4.69, 9.17) is 14.9 Å². The van der Waals surface area contributed by atoms with Gasteiger partial charge in [0.15, 0.2) is 8.32 Å². The molecule has 5 heteroatoms. The highest BCUT2D eigenvalue weighted by Crippen LogP contribution is 2.39. The van der Waals surface area contributed by atoms with E-state index in [0.717, 1.165) is 5.56 Å². The fraction of sp³-hybridized carbons (Fsp3) is 0.611. The summed E-state index contributed by atoms with van der Waals surface area (Å²) in [5.74, 6) is -0.857. The molecule has 0 amide bonds. The number of esters is 1. The predicted molar refractivity (Wildman–Crippen MR) is 96.6 cm³/mol. The monoisotopic (exact) mass is 337 g/mol. The first-order chi connectivity index (χ1) is 10.5. The molecule has 0 fully saturated rings. The molecule has 1 aromatic carbocycles. The number of nitrogens with two attached hydrogens (primary N) is 1. The molecular weight excluding hydrogens is 306 g/mol. The van der Waals surface area contributed by atoms with Crippen LogP contribution >= 0.6 is 0 Å². The van der Waals surface area contributed by atoms with Crippen molar-refractivity contribution >= 4 is 14.3 Å². The van der Waals surface area contributed by atoms with E-state index in [0.29, 0.717) is 0 Å². The van der Waals surface area contributed by atoms with Crippen molar-refractivity contribution in [2.75, 3.05) is 7.11 Å². The van der Waals surface area contributed by atoms with Crippen LogP contribution in [-0.2, 0) is 14.0 Å². The minimum absolute atomic E-state index is 0.0682. The Hall–Kier alpha value is -1.17. The summed E-state index contributed by atoms with van der Waals surface area (Å²) >= 11 is 0. The van der Waals surface area contributed by atoms with Crippen LogP contribution in [-0.4, -0.2) is 27.5 Å². The van der Waals surface area contributed by atoms with Gasteiger partial charge in [0.05, 0.1) is 13.2 Å². The molecule has 1 aromatic rings. The molecule has 0 spiro atoms. The average molecular weight is 338 g/mol. The number of rotatable bonds is 6. The van der Waals surface area contributed by atoms with Gasteiger partial charge in [-0.15, -0.1) is 0 Å². The first-order valence-corrected chi connectivity index (χ1v) is 11.0. The molecule has 130 valence electrons. The second-order valence-corrected chi connectivity index (χ2v) is 12.3. The number of carbonyl (C=O) groups excluding carboxylic acids is 1. The molecule has 23 heavy (non-hydrogen) atoms. The van der Waals surface area contributed by atoms with Crippen molar-refractivity contribution in [1.82, 2.24) is 0 Å². The van der Waals surface area contributed by atoms with Gasteiger partial charge in [-0.3, -0.25) is 4.79 Å². The zero-order chi connectivity index (χ0) is 17.8. The van der Waals surface area contributed by atoms with Gasteiger partial charge in [0.2, 0.25) is 0 Å². The molecule has 0 heterocycles. The third-order valence-electron chi connectivity index (χ3n) is 4.84. The molecule has 2 N–H and O–H groups in total. The molecule has 4 nitrogen and oxygen atoms in total. The fourth-order valence-electron chi connectivity index (χ4n) is 2.36. The maximum Gasteiger partial charge on any atom is 0.313 e. The quantitative estimate of drug-likeness (QED) is 0.632. The van der Waals surface area contributed by atoms with Gasteiger partial charge in [-0.25, -0.2) is 0 Å². The summed E-state index contributed by atoms with van der Waals surface area (Å²) in [6, 6.07) is 9.17.